The van der Waals surface area contributed by atoms with Crippen molar-refractivity contribution in [3.05, 3.63) is 33.8 Å². The molecule has 0 bridgehead atoms. The molecular formula is C16H21BrF3NO4. The molecule has 2 atom stereocenters. The van der Waals surface area contributed by atoms with E-state index in [0.717, 1.165) is 18.2 Å². The summed E-state index contributed by atoms with van der Waals surface area (Å²) in [4.78, 5) is 11.5. The Bertz CT molecular complexity index is 602. The van der Waals surface area contributed by atoms with Crippen molar-refractivity contribution < 1.29 is 32.9 Å². The van der Waals surface area contributed by atoms with Crippen LogP contribution in [0, 0.1) is 0 Å². The van der Waals surface area contributed by atoms with Crippen molar-refractivity contribution in [2.45, 2.75) is 51.2 Å². The highest BCUT2D eigenvalue weighted by molar-refractivity contribution is 9.10. The summed E-state index contributed by atoms with van der Waals surface area (Å²) in [5, 5.41) is 22.5. The number of carbonyl (C=O) groups is 1. The van der Waals surface area contributed by atoms with Gasteiger partial charge in [-0.05, 0) is 44.9 Å². The van der Waals surface area contributed by atoms with Crippen LogP contribution in [-0.2, 0) is 10.9 Å². The Morgan fingerprint density at radius 1 is 1.28 bits per heavy atom. The van der Waals surface area contributed by atoms with E-state index in [1.807, 2.05) is 0 Å². The van der Waals surface area contributed by atoms with Gasteiger partial charge in [0.2, 0.25) is 0 Å². The molecule has 0 radical (unpaired) electrons. The summed E-state index contributed by atoms with van der Waals surface area (Å²) >= 11 is 2.97. The van der Waals surface area contributed by atoms with Crippen molar-refractivity contribution in [3.8, 4) is 0 Å². The minimum Gasteiger partial charge on any atom is -0.444 e. The van der Waals surface area contributed by atoms with E-state index in [9.17, 15) is 28.2 Å². The van der Waals surface area contributed by atoms with Gasteiger partial charge in [0.25, 0.3) is 0 Å². The summed E-state index contributed by atoms with van der Waals surface area (Å²) in [5.74, 6) is 0. The predicted octanol–water partition coefficient (Wildman–Crippen LogP) is 3.78. The Labute approximate surface area is 152 Å². The van der Waals surface area contributed by atoms with Crippen molar-refractivity contribution in [2.24, 2.45) is 0 Å². The van der Waals surface area contributed by atoms with Gasteiger partial charge in [-0.2, -0.15) is 13.2 Å². The summed E-state index contributed by atoms with van der Waals surface area (Å²) in [5.41, 5.74) is -1.40. The maximum absolute atomic E-state index is 12.6. The Balaban J connectivity index is 2.62. The second-order valence-corrected chi connectivity index (χ2v) is 7.32. The maximum Gasteiger partial charge on any atom is 0.416 e. The molecule has 1 aromatic carbocycles. The molecule has 5 nitrogen and oxygen atoms in total. The van der Waals surface area contributed by atoms with Gasteiger partial charge in [-0.15, -0.1) is 0 Å². The van der Waals surface area contributed by atoms with Gasteiger partial charge in [0, 0.05) is 11.0 Å². The molecule has 3 N–H and O–H groups in total. The van der Waals surface area contributed by atoms with E-state index < -0.39 is 35.6 Å². The number of carbonyl (C=O) groups excluding carboxylic acids is 1. The minimum absolute atomic E-state index is 0.00608. The molecule has 0 fully saturated rings. The Morgan fingerprint density at radius 3 is 2.36 bits per heavy atom. The second kappa shape index (κ2) is 8.37. The summed E-state index contributed by atoms with van der Waals surface area (Å²) in [6.07, 6.45) is -7.85. The van der Waals surface area contributed by atoms with Crippen LogP contribution in [0.1, 0.15) is 44.4 Å². The number of hydrogen-bond acceptors (Lipinski definition) is 4. The van der Waals surface area contributed by atoms with Gasteiger partial charge in [-0.25, -0.2) is 4.79 Å². The molecular weight excluding hydrogens is 407 g/mol. The van der Waals surface area contributed by atoms with Gasteiger partial charge < -0.3 is 20.3 Å². The molecule has 0 heterocycles. The third-order valence-electron chi connectivity index (χ3n) is 3.12. The lowest BCUT2D eigenvalue weighted by Crippen LogP contribution is -2.34. The molecule has 142 valence electrons. The lowest BCUT2D eigenvalue weighted by Gasteiger charge is -2.22. The number of halogens is 4. The molecule has 0 aliphatic heterocycles. The third-order valence-corrected chi connectivity index (χ3v) is 3.81. The highest BCUT2D eigenvalue weighted by Crippen LogP contribution is 2.34. The summed E-state index contributed by atoms with van der Waals surface area (Å²) in [7, 11) is 0. The zero-order valence-corrected chi connectivity index (χ0v) is 15.6. The molecule has 9 heteroatoms. The first kappa shape index (κ1) is 21.7. The molecule has 25 heavy (non-hydrogen) atoms. The van der Waals surface area contributed by atoms with Crippen molar-refractivity contribution in [1.82, 2.24) is 5.32 Å². The van der Waals surface area contributed by atoms with E-state index in [4.69, 9.17) is 4.74 Å². The van der Waals surface area contributed by atoms with Gasteiger partial charge in [-0.3, -0.25) is 0 Å². The van der Waals surface area contributed by atoms with Crippen LogP contribution in [0.4, 0.5) is 18.0 Å². The molecule has 0 aromatic heterocycles. The number of rotatable bonds is 5. The lowest BCUT2D eigenvalue weighted by molar-refractivity contribution is -0.137. The average molecular weight is 428 g/mol. The van der Waals surface area contributed by atoms with Gasteiger partial charge in [0.05, 0.1) is 11.7 Å². The second-order valence-electron chi connectivity index (χ2n) is 6.46. The normalized spacial score (nSPS) is 14.8. The van der Waals surface area contributed by atoms with E-state index in [2.05, 4.69) is 21.2 Å². The lowest BCUT2D eigenvalue weighted by atomic mass is 10.0. The smallest absolute Gasteiger partial charge is 0.416 e. The molecule has 0 aliphatic carbocycles. The van der Waals surface area contributed by atoms with Gasteiger partial charge in [0.15, 0.2) is 0 Å². The third kappa shape index (κ3) is 7.21. The Hall–Kier alpha value is -1.32. The number of benzene rings is 1. The predicted molar refractivity (Wildman–Crippen MR) is 89.0 cm³/mol. The first-order chi connectivity index (χ1) is 11.3. The number of alkyl carbamates (subject to hydrolysis) is 1. The van der Waals surface area contributed by atoms with Crippen molar-refractivity contribution in [2.75, 3.05) is 6.54 Å². The van der Waals surface area contributed by atoms with Crippen molar-refractivity contribution in [3.63, 3.8) is 0 Å². The molecule has 2 unspecified atom stereocenters. The molecule has 0 aliphatic rings. The number of ether oxygens (including phenoxy) is 1. The molecule has 1 rings (SSSR count). The quantitative estimate of drug-likeness (QED) is 0.667. The maximum atomic E-state index is 12.6. The highest BCUT2D eigenvalue weighted by atomic mass is 79.9. The molecule has 0 spiro atoms. The largest absolute Gasteiger partial charge is 0.444 e. The first-order valence-electron chi connectivity index (χ1n) is 7.51. The van der Waals surface area contributed by atoms with E-state index in [1.165, 1.54) is 0 Å². The summed E-state index contributed by atoms with van der Waals surface area (Å²) in [6.45, 7) is 5.14. The van der Waals surface area contributed by atoms with Crippen LogP contribution in [0.5, 0.6) is 0 Å². The number of amides is 1. The van der Waals surface area contributed by atoms with Gasteiger partial charge >= 0.3 is 12.3 Å². The van der Waals surface area contributed by atoms with Gasteiger partial charge in [-0.1, -0.05) is 22.0 Å². The van der Waals surface area contributed by atoms with Crippen LogP contribution in [-0.4, -0.2) is 34.6 Å². The molecule has 1 amide bonds. The van der Waals surface area contributed by atoms with Crippen LogP contribution >= 0.6 is 15.9 Å². The fourth-order valence-electron chi connectivity index (χ4n) is 1.94. The van der Waals surface area contributed by atoms with Crippen molar-refractivity contribution >= 4 is 22.0 Å². The average Bonchev–Trinajstić information content (AvgIpc) is 2.43. The zero-order chi connectivity index (χ0) is 19.4. The number of alkyl halides is 3. The van der Waals surface area contributed by atoms with Crippen LogP contribution in [0.3, 0.4) is 0 Å². The highest BCUT2D eigenvalue weighted by Gasteiger charge is 2.32. The Morgan fingerprint density at radius 2 is 1.88 bits per heavy atom. The number of aliphatic hydroxyl groups is 2. The van der Waals surface area contributed by atoms with E-state index in [-0.39, 0.29) is 23.0 Å². The molecule has 1 aromatic rings. The molecule has 0 saturated carbocycles. The molecule has 0 saturated heterocycles. The van der Waals surface area contributed by atoms with Crippen molar-refractivity contribution in [1.29, 1.82) is 0 Å². The van der Waals surface area contributed by atoms with E-state index >= 15 is 0 Å². The monoisotopic (exact) mass is 427 g/mol. The standard InChI is InChI=1S/C16H21BrF3NO4/c1-15(2,3)25-14(24)21-7-6-12(22)13(23)10-5-4-9(8-11(10)17)16(18,19)20/h4-5,8,12-13,22-23H,6-7H2,1-3H3,(H,21,24). The topological polar surface area (TPSA) is 78.8 Å². The SMILES string of the molecule is CC(C)(C)OC(=O)NCCC(O)C(O)c1ccc(C(F)(F)F)cc1Br. The zero-order valence-electron chi connectivity index (χ0n) is 14.0. The van der Waals surface area contributed by atoms with Crippen LogP contribution in [0.25, 0.3) is 0 Å². The van der Waals surface area contributed by atoms with E-state index in [1.54, 1.807) is 20.8 Å². The minimum atomic E-state index is -4.50. The first-order valence-corrected chi connectivity index (χ1v) is 8.30. The van der Waals surface area contributed by atoms with Crippen LogP contribution in [0.2, 0.25) is 0 Å². The number of hydrogen-bond donors (Lipinski definition) is 3. The summed E-state index contributed by atoms with van der Waals surface area (Å²) < 4.78 is 43.0. The number of nitrogens with one attached hydrogen (secondary N) is 1. The van der Waals surface area contributed by atoms with Gasteiger partial charge in [0.1, 0.15) is 11.7 Å². The van der Waals surface area contributed by atoms with Crippen LogP contribution < -0.4 is 5.32 Å². The Kier molecular flexibility index (Phi) is 7.28. The van der Waals surface area contributed by atoms with Crippen LogP contribution in [0.15, 0.2) is 22.7 Å². The summed E-state index contributed by atoms with van der Waals surface area (Å²) in [6, 6.07) is 2.77. The van der Waals surface area contributed by atoms with E-state index in [0.29, 0.717) is 0 Å². The fourth-order valence-corrected chi connectivity index (χ4v) is 2.56. The number of aliphatic hydroxyl groups excluding tert-OH is 2. The fraction of sp³-hybridized carbons (Fsp3) is 0.562.